The smallest absolute Gasteiger partial charge is 0.0844 e. The van der Waals surface area contributed by atoms with Crippen LogP contribution in [0.4, 0.5) is 0 Å². The maximum Gasteiger partial charge on any atom is 0.0844 e. The number of epoxide rings is 1. The van der Waals surface area contributed by atoms with Gasteiger partial charge in [0.15, 0.2) is 0 Å². The molecule has 0 radical (unpaired) electrons. The minimum Gasteiger partial charge on any atom is -0.376 e. The first-order chi connectivity index (χ1) is 12.3. The molecule has 5 fully saturated rings. The van der Waals surface area contributed by atoms with Crippen molar-refractivity contribution in [1.82, 2.24) is 0 Å². The molecule has 0 spiro atoms. The zero-order chi connectivity index (χ0) is 16.6. The first kappa shape index (κ1) is 17.0. The van der Waals surface area contributed by atoms with E-state index in [0.29, 0.717) is 24.4 Å². The fourth-order valence-corrected chi connectivity index (χ4v) is 6.01. The van der Waals surface area contributed by atoms with Crippen molar-refractivity contribution in [3.05, 3.63) is 0 Å². The second kappa shape index (κ2) is 7.48. The summed E-state index contributed by atoms with van der Waals surface area (Å²) in [6.45, 7) is 1.78. The monoisotopic (exact) mass is 348 g/mol. The van der Waals surface area contributed by atoms with Crippen molar-refractivity contribution < 1.29 is 14.2 Å². The van der Waals surface area contributed by atoms with Gasteiger partial charge in [0.25, 0.3) is 0 Å². The molecule has 3 saturated carbocycles. The Morgan fingerprint density at radius 3 is 2.44 bits per heavy atom. The summed E-state index contributed by atoms with van der Waals surface area (Å²) in [6, 6.07) is 0. The van der Waals surface area contributed by atoms with Crippen LogP contribution in [0.15, 0.2) is 0 Å². The molecule has 0 aromatic rings. The molecule has 142 valence electrons. The third-order valence-corrected chi connectivity index (χ3v) is 7.85. The van der Waals surface area contributed by atoms with E-state index in [1.54, 1.807) is 0 Å². The van der Waals surface area contributed by atoms with Crippen LogP contribution in [0.5, 0.6) is 0 Å². The van der Waals surface area contributed by atoms with Gasteiger partial charge in [-0.3, -0.25) is 0 Å². The van der Waals surface area contributed by atoms with Gasteiger partial charge in [0.1, 0.15) is 0 Å². The zero-order valence-corrected chi connectivity index (χ0v) is 15.7. The zero-order valence-electron chi connectivity index (χ0n) is 15.7. The van der Waals surface area contributed by atoms with E-state index in [-0.39, 0.29) is 0 Å². The lowest BCUT2D eigenvalue weighted by atomic mass is 9.82. The Labute approximate surface area is 153 Å². The molecule has 0 aromatic carbocycles. The molecular formula is C22H36O3. The van der Waals surface area contributed by atoms with Crippen LogP contribution in [0.3, 0.4) is 0 Å². The van der Waals surface area contributed by atoms with E-state index in [0.717, 1.165) is 36.9 Å². The summed E-state index contributed by atoms with van der Waals surface area (Å²) in [7, 11) is 0. The molecular weight excluding hydrogens is 312 g/mol. The molecule has 0 bridgehead atoms. The van der Waals surface area contributed by atoms with Crippen LogP contribution in [-0.2, 0) is 14.2 Å². The quantitative estimate of drug-likeness (QED) is 0.492. The fourth-order valence-electron chi connectivity index (χ4n) is 6.01. The average molecular weight is 349 g/mol. The molecule has 5 rings (SSSR count). The highest BCUT2D eigenvalue weighted by Gasteiger charge is 2.45. The number of ether oxygens (including phenoxy) is 3. The lowest BCUT2D eigenvalue weighted by Gasteiger charge is -2.35. The van der Waals surface area contributed by atoms with Crippen molar-refractivity contribution in [1.29, 1.82) is 0 Å². The van der Waals surface area contributed by atoms with Crippen molar-refractivity contribution in [3.63, 3.8) is 0 Å². The summed E-state index contributed by atoms with van der Waals surface area (Å²) in [5.41, 5.74) is 0. The summed E-state index contributed by atoms with van der Waals surface area (Å²) >= 11 is 0. The molecule has 2 heterocycles. The molecule has 0 amide bonds. The van der Waals surface area contributed by atoms with E-state index in [1.165, 1.54) is 77.0 Å². The van der Waals surface area contributed by atoms with Gasteiger partial charge in [0.05, 0.1) is 31.0 Å². The highest BCUT2D eigenvalue weighted by molar-refractivity contribution is 4.95. The normalized spacial score (nSPS) is 48.5. The highest BCUT2D eigenvalue weighted by atomic mass is 16.6. The molecule has 2 aliphatic heterocycles. The van der Waals surface area contributed by atoms with Crippen LogP contribution in [0.2, 0.25) is 0 Å². The summed E-state index contributed by atoms with van der Waals surface area (Å²) in [4.78, 5) is 0. The summed E-state index contributed by atoms with van der Waals surface area (Å²) in [6.07, 6.45) is 18.5. The predicted octanol–water partition coefficient (Wildman–Crippen LogP) is 4.72. The Kier molecular flexibility index (Phi) is 5.09. The standard InChI is InChI=1S/C22H36O3/c1(3-15-4-8-21-22(11-15)25-21)2-10-23-19-7-9-20(24-14-19)17-6-5-16-12-18(16)13-17/h15-22H,1-14H2. The molecule has 3 heteroatoms. The van der Waals surface area contributed by atoms with E-state index < -0.39 is 0 Å². The van der Waals surface area contributed by atoms with Gasteiger partial charge >= 0.3 is 0 Å². The van der Waals surface area contributed by atoms with Crippen LogP contribution < -0.4 is 0 Å². The second-order valence-electron chi connectivity index (χ2n) is 9.66. The number of hydrogen-bond acceptors (Lipinski definition) is 3. The van der Waals surface area contributed by atoms with Gasteiger partial charge in [-0.25, -0.2) is 0 Å². The maximum absolute atomic E-state index is 6.23. The topological polar surface area (TPSA) is 31.0 Å². The van der Waals surface area contributed by atoms with E-state index in [2.05, 4.69) is 0 Å². The predicted molar refractivity (Wildman–Crippen MR) is 97.5 cm³/mol. The third-order valence-electron chi connectivity index (χ3n) is 7.85. The van der Waals surface area contributed by atoms with Gasteiger partial charge < -0.3 is 14.2 Å². The molecule has 3 nitrogen and oxygen atoms in total. The average Bonchev–Trinajstić information content (AvgIpc) is 3.55. The van der Waals surface area contributed by atoms with Crippen molar-refractivity contribution in [3.8, 4) is 0 Å². The molecule has 8 unspecified atom stereocenters. The van der Waals surface area contributed by atoms with Crippen LogP contribution in [-0.4, -0.2) is 37.6 Å². The Hall–Kier alpha value is -0.120. The van der Waals surface area contributed by atoms with E-state index >= 15 is 0 Å². The van der Waals surface area contributed by atoms with Crippen LogP contribution in [0.25, 0.3) is 0 Å². The Bertz CT molecular complexity index is 445. The SMILES string of the molecule is C(CCC1CCC2OC2C1)COC1CCC(C2CCC3CC3C2)OC1. The molecule has 0 N–H and O–H groups in total. The summed E-state index contributed by atoms with van der Waals surface area (Å²) in [5, 5.41) is 0. The largest absolute Gasteiger partial charge is 0.376 e. The van der Waals surface area contributed by atoms with Crippen molar-refractivity contribution in [2.24, 2.45) is 23.7 Å². The van der Waals surface area contributed by atoms with Gasteiger partial charge in [-0.05, 0) is 87.9 Å². The Morgan fingerprint density at radius 2 is 1.60 bits per heavy atom. The Balaban J connectivity index is 0.923. The highest BCUT2D eigenvalue weighted by Crippen LogP contribution is 2.52. The van der Waals surface area contributed by atoms with Gasteiger partial charge in [-0.1, -0.05) is 12.8 Å². The molecule has 25 heavy (non-hydrogen) atoms. The maximum atomic E-state index is 6.23. The molecule has 8 atom stereocenters. The van der Waals surface area contributed by atoms with Crippen molar-refractivity contribution in [2.75, 3.05) is 13.2 Å². The van der Waals surface area contributed by atoms with Gasteiger partial charge in [0, 0.05) is 6.61 Å². The lowest BCUT2D eigenvalue weighted by molar-refractivity contribution is -0.107. The van der Waals surface area contributed by atoms with E-state index in [9.17, 15) is 0 Å². The molecule has 2 saturated heterocycles. The number of unbranched alkanes of at least 4 members (excludes halogenated alkanes) is 1. The molecule has 3 aliphatic carbocycles. The molecule has 5 aliphatic rings. The van der Waals surface area contributed by atoms with Crippen LogP contribution >= 0.6 is 0 Å². The van der Waals surface area contributed by atoms with Gasteiger partial charge in [-0.2, -0.15) is 0 Å². The molecule has 0 aromatic heterocycles. The van der Waals surface area contributed by atoms with E-state index in [1.807, 2.05) is 0 Å². The minimum atomic E-state index is 0.365. The number of rotatable bonds is 7. The number of hydrogen-bond donors (Lipinski definition) is 0. The first-order valence-corrected chi connectivity index (χ1v) is 11.2. The van der Waals surface area contributed by atoms with E-state index in [4.69, 9.17) is 14.2 Å². The van der Waals surface area contributed by atoms with Crippen LogP contribution in [0, 0.1) is 23.7 Å². The van der Waals surface area contributed by atoms with Gasteiger partial charge in [-0.15, -0.1) is 0 Å². The lowest BCUT2D eigenvalue weighted by Crippen LogP contribution is -2.36. The van der Waals surface area contributed by atoms with Crippen molar-refractivity contribution >= 4 is 0 Å². The third kappa shape index (κ3) is 4.25. The fraction of sp³-hybridized carbons (Fsp3) is 1.00. The summed E-state index contributed by atoms with van der Waals surface area (Å²) < 4.78 is 18.0. The second-order valence-corrected chi connectivity index (χ2v) is 9.66. The Morgan fingerprint density at radius 1 is 0.720 bits per heavy atom. The first-order valence-electron chi connectivity index (χ1n) is 11.2. The van der Waals surface area contributed by atoms with Crippen molar-refractivity contribution in [2.45, 2.75) is 101 Å². The minimum absolute atomic E-state index is 0.365. The summed E-state index contributed by atoms with van der Waals surface area (Å²) in [5.74, 6) is 3.94. The van der Waals surface area contributed by atoms with Crippen LogP contribution in [0.1, 0.15) is 77.0 Å². The van der Waals surface area contributed by atoms with Gasteiger partial charge in [0.2, 0.25) is 0 Å². The number of fused-ring (bicyclic) bond motifs is 2.